The van der Waals surface area contributed by atoms with Crippen LogP contribution in [0, 0.1) is 0 Å². The Morgan fingerprint density at radius 3 is 2.36 bits per heavy atom. The number of halogens is 1. The Morgan fingerprint density at radius 2 is 1.61 bits per heavy atom. The molecule has 0 bridgehead atoms. The minimum Gasteiger partial charge on any atom is -0.506 e. The quantitative estimate of drug-likeness (QED) is 0.0682. The van der Waals surface area contributed by atoms with Gasteiger partial charge in [0, 0.05) is 22.5 Å². The number of carbonyl (C=O) groups is 1. The minimum absolute atomic E-state index is 0.0166. The molecule has 44 heavy (non-hydrogen) atoms. The summed E-state index contributed by atoms with van der Waals surface area (Å²) < 4.78 is 6.84. The number of phenolic OH excluding ortho intramolecular Hbond substituents is 1. The van der Waals surface area contributed by atoms with Crippen molar-refractivity contribution in [2.24, 2.45) is 0 Å². The number of pyridine rings is 1. The van der Waals surface area contributed by atoms with Crippen LogP contribution >= 0.6 is 15.9 Å². The molecule has 4 aromatic rings. The maximum Gasteiger partial charge on any atom is 0.405 e. The third-order valence-electron chi connectivity index (χ3n) is 7.50. The molecule has 10 heteroatoms. The first-order chi connectivity index (χ1) is 21.3. The maximum absolute atomic E-state index is 11.6. The molecule has 9 nitrogen and oxygen atoms in total. The number of aromatic nitrogens is 1. The number of hydrogen-bond acceptors (Lipinski definition) is 6. The van der Waals surface area contributed by atoms with E-state index in [1.807, 2.05) is 48.5 Å². The van der Waals surface area contributed by atoms with E-state index in [0.717, 1.165) is 67.1 Å². The number of amides is 1. The summed E-state index contributed by atoms with van der Waals surface area (Å²) in [6.45, 7) is 1.79. The molecule has 1 heterocycles. The number of H-pyrrole nitrogens is 1. The Hall–Kier alpha value is -3.86. The summed E-state index contributed by atoms with van der Waals surface area (Å²) in [5.41, 5.74) is 2.36. The number of aliphatic hydroxyl groups is 1. The number of aliphatic hydroxyl groups excluding tert-OH is 1. The topological polar surface area (TPSA) is 144 Å². The molecule has 6 N–H and O–H groups in total. The van der Waals surface area contributed by atoms with Gasteiger partial charge in [0.15, 0.2) is 0 Å². The molecule has 3 aromatic carbocycles. The van der Waals surface area contributed by atoms with Gasteiger partial charge in [0.1, 0.15) is 11.5 Å². The van der Waals surface area contributed by atoms with E-state index in [1.54, 1.807) is 12.1 Å². The van der Waals surface area contributed by atoms with Crippen molar-refractivity contribution in [3.8, 4) is 11.5 Å². The Morgan fingerprint density at radius 1 is 0.886 bits per heavy atom. The highest BCUT2D eigenvalue weighted by Gasteiger charge is 2.18. The van der Waals surface area contributed by atoms with Gasteiger partial charge in [-0.2, -0.15) is 0 Å². The van der Waals surface area contributed by atoms with Gasteiger partial charge >= 0.3 is 6.09 Å². The molecule has 0 aliphatic carbocycles. The molecule has 0 aliphatic heterocycles. The molecule has 0 aliphatic rings. The minimum atomic E-state index is -1.09. The molecule has 1 amide bonds. The van der Waals surface area contributed by atoms with Gasteiger partial charge in [-0.15, -0.1) is 0 Å². The summed E-state index contributed by atoms with van der Waals surface area (Å²) in [6, 6.07) is 20.9. The fourth-order valence-corrected chi connectivity index (χ4v) is 5.78. The van der Waals surface area contributed by atoms with Gasteiger partial charge in [0.2, 0.25) is 5.56 Å². The van der Waals surface area contributed by atoms with Crippen molar-refractivity contribution >= 4 is 32.9 Å². The van der Waals surface area contributed by atoms with Crippen molar-refractivity contribution in [3.05, 3.63) is 104 Å². The molecular weight excluding hydrogens is 626 g/mol. The van der Waals surface area contributed by atoms with Crippen LogP contribution in [0.4, 0.5) is 4.79 Å². The van der Waals surface area contributed by atoms with Gasteiger partial charge < -0.3 is 35.7 Å². The first kappa shape index (κ1) is 33.0. The number of rotatable bonds is 17. The molecule has 0 radical (unpaired) electrons. The fraction of sp³-hybridized carbons (Fsp3) is 0.353. The van der Waals surface area contributed by atoms with Gasteiger partial charge in [-0.25, -0.2) is 4.79 Å². The van der Waals surface area contributed by atoms with Gasteiger partial charge in [-0.1, -0.05) is 84.4 Å². The standard InChI is InChI=1S/C34H40BrN3O6/c35-25-19-24(32(38-34(42)43)23-11-7-6-8-12-23)20-26(21-25)44-18-10-5-3-1-2-4-9-17-36-22-30(40)27-13-15-29(39)33-28(27)14-16-31(41)37-33/h6-8,11-16,19-21,30,32,36,38-40H,1-5,9-10,17-18,22H2,(H,37,41)(H,42,43)/t30-,32?/m1/s1. The molecular formula is C34H40BrN3O6. The lowest BCUT2D eigenvalue weighted by molar-refractivity contribution is 0.176. The zero-order valence-electron chi connectivity index (χ0n) is 24.6. The second-order valence-corrected chi connectivity index (χ2v) is 11.8. The number of nitrogens with one attached hydrogen (secondary N) is 3. The number of aromatic hydroxyl groups is 1. The largest absolute Gasteiger partial charge is 0.506 e. The van der Waals surface area contributed by atoms with Gasteiger partial charge in [-0.3, -0.25) is 4.79 Å². The van der Waals surface area contributed by atoms with E-state index >= 15 is 0 Å². The van der Waals surface area contributed by atoms with E-state index in [4.69, 9.17) is 4.74 Å². The average Bonchev–Trinajstić information content (AvgIpc) is 3.00. The number of benzene rings is 3. The van der Waals surface area contributed by atoms with E-state index in [-0.39, 0.29) is 11.3 Å². The second-order valence-electron chi connectivity index (χ2n) is 10.8. The summed E-state index contributed by atoms with van der Waals surface area (Å²) in [7, 11) is 0. The molecule has 234 valence electrons. The number of fused-ring (bicyclic) bond motifs is 1. The van der Waals surface area contributed by atoms with Crippen LogP contribution in [-0.2, 0) is 0 Å². The monoisotopic (exact) mass is 665 g/mol. The summed E-state index contributed by atoms with van der Waals surface area (Å²) in [5.74, 6) is 0.686. The summed E-state index contributed by atoms with van der Waals surface area (Å²) in [5, 5.41) is 36.6. The summed E-state index contributed by atoms with van der Waals surface area (Å²) in [4.78, 5) is 25.7. The average molecular weight is 667 g/mol. The normalized spacial score (nSPS) is 12.6. The molecule has 2 atom stereocenters. The second kappa shape index (κ2) is 16.8. The molecule has 4 rings (SSSR count). The number of phenols is 1. The Kier molecular flexibility index (Phi) is 12.6. The molecule has 0 fully saturated rings. The van der Waals surface area contributed by atoms with Gasteiger partial charge in [0.05, 0.1) is 24.3 Å². The zero-order valence-corrected chi connectivity index (χ0v) is 26.2. The highest BCUT2D eigenvalue weighted by atomic mass is 79.9. The Bertz CT molecular complexity index is 1560. The van der Waals surface area contributed by atoms with E-state index in [0.29, 0.717) is 35.4 Å². The SMILES string of the molecule is O=C(O)NC(c1ccccc1)c1cc(Br)cc(OCCCCCCCCCNC[C@@H](O)c2ccc(O)c3[nH]c(=O)ccc23)c1. The fourth-order valence-electron chi connectivity index (χ4n) is 5.29. The lowest BCUT2D eigenvalue weighted by Gasteiger charge is -2.19. The first-order valence-corrected chi connectivity index (χ1v) is 15.8. The number of ether oxygens (including phenoxy) is 1. The van der Waals surface area contributed by atoms with Gasteiger partial charge in [-0.05, 0) is 66.4 Å². The van der Waals surface area contributed by atoms with E-state index in [2.05, 4.69) is 31.5 Å². The third kappa shape index (κ3) is 9.83. The van der Waals surface area contributed by atoms with Crippen LogP contribution in [0.3, 0.4) is 0 Å². The smallest absolute Gasteiger partial charge is 0.405 e. The van der Waals surface area contributed by atoms with E-state index < -0.39 is 18.2 Å². The number of aromatic amines is 1. The molecule has 0 saturated heterocycles. The predicted molar refractivity (Wildman–Crippen MR) is 175 cm³/mol. The van der Waals surface area contributed by atoms with Crippen LogP contribution in [0.1, 0.15) is 73.8 Å². The van der Waals surface area contributed by atoms with Crippen molar-refractivity contribution in [2.45, 2.75) is 57.1 Å². The number of hydrogen-bond donors (Lipinski definition) is 6. The number of carboxylic acid groups (broad SMARTS) is 1. The summed E-state index contributed by atoms with van der Waals surface area (Å²) in [6.07, 6.45) is 5.74. The van der Waals surface area contributed by atoms with Crippen LogP contribution in [0.2, 0.25) is 0 Å². The van der Waals surface area contributed by atoms with Gasteiger partial charge in [0.25, 0.3) is 0 Å². The molecule has 0 spiro atoms. The highest BCUT2D eigenvalue weighted by molar-refractivity contribution is 9.10. The molecule has 0 saturated carbocycles. The molecule has 1 unspecified atom stereocenters. The molecule has 1 aromatic heterocycles. The van der Waals surface area contributed by atoms with Crippen molar-refractivity contribution < 1.29 is 24.9 Å². The van der Waals surface area contributed by atoms with E-state index in [1.165, 1.54) is 12.1 Å². The van der Waals surface area contributed by atoms with Crippen molar-refractivity contribution in [1.82, 2.24) is 15.6 Å². The lowest BCUT2D eigenvalue weighted by atomic mass is 9.98. The van der Waals surface area contributed by atoms with Crippen LogP contribution in [-0.4, -0.2) is 46.1 Å². The van der Waals surface area contributed by atoms with Crippen molar-refractivity contribution in [1.29, 1.82) is 0 Å². The maximum atomic E-state index is 11.6. The van der Waals surface area contributed by atoms with E-state index in [9.17, 15) is 24.9 Å². The van der Waals surface area contributed by atoms with Crippen molar-refractivity contribution in [2.75, 3.05) is 19.7 Å². The van der Waals surface area contributed by atoms with Crippen molar-refractivity contribution in [3.63, 3.8) is 0 Å². The van der Waals surface area contributed by atoms with Crippen LogP contribution in [0.5, 0.6) is 11.5 Å². The zero-order chi connectivity index (χ0) is 31.3. The van der Waals surface area contributed by atoms with Crippen LogP contribution in [0.15, 0.2) is 82.1 Å². The first-order valence-electron chi connectivity index (χ1n) is 15.0. The summed E-state index contributed by atoms with van der Waals surface area (Å²) >= 11 is 3.53. The van der Waals surface area contributed by atoms with Crippen LogP contribution in [0.25, 0.3) is 10.9 Å². The Balaban J connectivity index is 1.09. The highest BCUT2D eigenvalue weighted by Crippen LogP contribution is 2.30. The number of unbranched alkanes of at least 4 members (excludes halogenated alkanes) is 6. The third-order valence-corrected chi connectivity index (χ3v) is 7.96. The van der Waals surface area contributed by atoms with Crippen LogP contribution < -0.4 is 20.9 Å². The predicted octanol–water partition coefficient (Wildman–Crippen LogP) is 6.79. The Labute approximate surface area is 265 Å². The lowest BCUT2D eigenvalue weighted by Crippen LogP contribution is -2.27.